The number of phenols is 1. The van der Waals surface area contributed by atoms with Crippen molar-refractivity contribution in [2.75, 3.05) is 12.0 Å². The maximum Gasteiger partial charge on any atom is 0.241 e. The summed E-state index contributed by atoms with van der Waals surface area (Å²) in [7, 11) is 1.43. The molecular formula is C32H31ClFIN2O6. The number of allylic oxidation sites excluding steroid dienone is 2. The lowest BCUT2D eigenvalue weighted by molar-refractivity contribution is -0.145. The number of likely N-dealkylation sites (tertiary alicyclic amines) is 1. The molecule has 2 saturated heterocycles. The number of carbonyl (C=O) groups excluding carboxylic acids is 4. The monoisotopic (exact) mass is 720 g/mol. The molecule has 6 atom stereocenters. The number of aromatic hydroxyl groups is 1. The fourth-order valence-corrected chi connectivity index (χ4v) is 8.64. The summed E-state index contributed by atoms with van der Waals surface area (Å²) in [6, 6.07) is 7.15. The molecule has 1 saturated carbocycles. The summed E-state index contributed by atoms with van der Waals surface area (Å²) in [6.07, 6.45) is 2.49. The molecule has 8 nitrogen and oxygen atoms in total. The molecule has 2 aliphatic carbocycles. The molecule has 2 aromatic carbocycles. The smallest absolute Gasteiger partial charge is 0.241 e. The van der Waals surface area contributed by atoms with Crippen molar-refractivity contribution in [2.45, 2.75) is 52.0 Å². The summed E-state index contributed by atoms with van der Waals surface area (Å²) in [5, 5.41) is 10.4. The molecule has 2 heterocycles. The minimum absolute atomic E-state index is 0.0487. The van der Waals surface area contributed by atoms with Gasteiger partial charge in [0, 0.05) is 11.5 Å². The summed E-state index contributed by atoms with van der Waals surface area (Å²) in [5.41, 5.74) is -0.388. The van der Waals surface area contributed by atoms with Gasteiger partial charge in [0.15, 0.2) is 11.5 Å². The van der Waals surface area contributed by atoms with Crippen LogP contribution in [0.5, 0.6) is 11.5 Å². The van der Waals surface area contributed by atoms with Crippen molar-refractivity contribution >= 4 is 63.5 Å². The highest BCUT2D eigenvalue weighted by Crippen LogP contribution is 2.64. The van der Waals surface area contributed by atoms with Crippen molar-refractivity contribution in [3.05, 3.63) is 62.0 Å². The predicted octanol–water partition coefficient (Wildman–Crippen LogP) is 5.83. The molecule has 4 aliphatic rings. The normalized spacial score (nSPS) is 30.3. The van der Waals surface area contributed by atoms with Crippen molar-refractivity contribution in [3.8, 4) is 11.5 Å². The van der Waals surface area contributed by atoms with Crippen LogP contribution in [0.2, 0.25) is 5.02 Å². The van der Waals surface area contributed by atoms with E-state index in [0.29, 0.717) is 15.6 Å². The van der Waals surface area contributed by atoms with E-state index in [-0.39, 0.29) is 40.4 Å². The maximum absolute atomic E-state index is 14.5. The Hall–Kier alpha value is -2.99. The van der Waals surface area contributed by atoms with E-state index in [0.717, 1.165) is 16.5 Å². The van der Waals surface area contributed by atoms with Crippen molar-refractivity contribution in [1.82, 2.24) is 4.90 Å². The number of phenolic OH excluding ortho intramolecular Hbond substituents is 1. The van der Waals surface area contributed by atoms with E-state index in [4.69, 9.17) is 16.3 Å². The highest BCUT2D eigenvalue weighted by atomic mass is 127. The van der Waals surface area contributed by atoms with Crippen LogP contribution in [-0.2, 0) is 19.2 Å². The van der Waals surface area contributed by atoms with Gasteiger partial charge in [0.2, 0.25) is 23.6 Å². The Morgan fingerprint density at radius 3 is 2.40 bits per heavy atom. The molecule has 11 heteroatoms. The van der Waals surface area contributed by atoms with Gasteiger partial charge < -0.3 is 9.84 Å². The SMILES string of the molecule is COc1cc(C2C3=CCC4C(=O)N(C(C)(C)C)C(=O)C4C3CC3C(=O)N(c4ccc(F)c(Cl)c4)C(=O)C32C)cc(I)c1O. The molecule has 1 N–H and O–H groups in total. The molecule has 0 bridgehead atoms. The average molecular weight is 721 g/mol. The summed E-state index contributed by atoms with van der Waals surface area (Å²) in [5.74, 6) is -5.16. The van der Waals surface area contributed by atoms with E-state index in [1.165, 1.54) is 24.1 Å². The molecule has 2 aromatic rings. The number of benzene rings is 2. The molecule has 6 unspecified atom stereocenters. The molecular weight excluding hydrogens is 690 g/mol. The van der Waals surface area contributed by atoms with E-state index in [1.807, 2.05) is 49.4 Å². The van der Waals surface area contributed by atoms with Crippen LogP contribution < -0.4 is 9.64 Å². The van der Waals surface area contributed by atoms with E-state index in [1.54, 1.807) is 19.1 Å². The van der Waals surface area contributed by atoms with Gasteiger partial charge in [0.05, 0.1) is 44.6 Å². The van der Waals surface area contributed by atoms with E-state index < -0.39 is 58.2 Å². The lowest BCUT2D eigenvalue weighted by atomic mass is 9.51. The average Bonchev–Trinajstić information content (AvgIpc) is 3.31. The fraction of sp³-hybridized carbons (Fsp3) is 0.438. The van der Waals surface area contributed by atoms with Crippen LogP contribution in [0.3, 0.4) is 0 Å². The first-order chi connectivity index (χ1) is 20.1. The molecule has 43 heavy (non-hydrogen) atoms. The minimum Gasteiger partial charge on any atom is -0.504 e. The minimum atomic E-state index is -1.30. The molecule has 0 spiro atoms. The van der Waals surface area contributed by atoms with Crippen molar-refractivity contribution in [3.63, 3.8) is 0 Å². The number of fused-ring (bicyclic) bond motifs is 4. The molecule has 0 radical (unpaired) electrons. The van der Waals surface area contributed by atoms with E-state index >= 15 is 0 Å². The Morgan fingerprint density at radius 2 is 1.77 bits per heavy atom. The number of amides is 4. The number of carbonyl (C=O) groups is 4. The first-order valence-corrected chi connectivity index (χ1v) is 15.6. The molecule has 2 aliphatic heterocycles. The third-order valence-corrected chi connectivity index (χ3v) is 10.8. The number of imide groups is 2. The summed E-state index contributed by atoms with van der Waals surface area (Å²) >= 11 is 8.05. The first-order valence-electron chi connectivity index (χ1n) is 14.1. The zero-order chi connectivity index (χ0) is 31.3. The molecule has 4 amide bonds. The van der Waals surface area contributed by atoms with Gasteiger partial charge in [0.25, 0.3) is 0 Å². The Morgan fingerprint density at radius 1 is 1.07 bits per heavy atom. The number of ether oxygens (including phenoxy) is 1. The second-order valence-corrected chi connectivity index (χ2v) is 14.6. The summed E-state index contributed by atoms with van der Waals surface area (Å²) in [6.45, 7) is 7.23. The highest BCUT2D eigenvalue weighted by Gasteiger charge is 2.68. The van der Waals surface area contributed by atoms with Gasteiger partial charge in [-0.2, -0.15) is 0 Å². The lowest BCUT2D eigenvalue weighted by Crippen LogP contribution is -2.49. The topological polar surface area (TPSA) is 104 Å². The third-order valence-electron chi connectivity index (χ3n) is 9.71. The number of nitrogens with zero attached hydrogens (tertiary/aromatic N) is 2. The Labute approximate surface area is 267 Å². The van der Waals surface area contributed by atoms with Crippen molar-refractivity contribution < 1.29 is 33.4 Å². The highest BCUT2D eigenvalue weighted by molar-refractivity contribution is 14.1. The quantitative estimate of drug-likeness (QED) is 0.243. The molecule has 0 aromatic heterocycles. The Kier molecular flexibility index (Phi) is 7.00. The van der Waals surface area contributed by atoms with Gasteiger partial charge in [-0.05, 0) is 105 Å². The molecule has 3 fully saturated rings. The van der Waals surface area contributed by atoms with Gasteiger partial charge in [0.1, 0.15) is 5.82 Å². The molecule has 6 rings (SSSR count). The van der Waals surface area contributed by atoms with E-state index in [2.05, 4.69) is 0 Å². The van der Waals surface area contributed by atoms with Crippen LogP contribution >= 0.6 is 34.2 Å². The van der Waals surface area contributed by atoms with Gasteiger partial charge in [-0.1, -0.05) is 23.3 Å². The third kappa shape index (κ3) is 4.18. The summed E-state index contributed by atoms with van der Waals surface area (Å²) < 4.78 is 20.0. The van der Waals surface area contributed by atoms with Crippen LogP contribution in [0.1, 0.15) is 52.0 Å². The van der Waals surface area contributed by atoms with Crippen LogP contribution in [0.25, 0.3) is 0 Å². The van der Waals surface area contributed by atoms with Crippen LogP contribution in [-0.4, -0.2) is 46.3 Å². The number of rotatable bonds is 3. The van der Waals surface area contributed by atoms with Crippen LogP contribution in [0, 0.1) is 38.5 Å². The zero-order valence-corrected chi connectivity index (χ0v) is 27.2. The maximum atomic E-state index is 14.5. The predicted molar refractivity (Wildman–Crippen MR) is 165 cm³/mol. The second kappa shape index (κ2) is 10.0. The van der Waals surface area contributed by atoms with Gasteiger partial charge in [-0.15, -0.1) is 0 Å². The number of anilines is 1. The second-order valence-electron chi connectivity index (χ2n) is 13.0. The first kappa shape index (κ1) is 30.1. The van der Waals surface area contributed by atoms with Crippen molar-refractivity contribution in [1.29, 1.82) is 0 Å². The van der Waals surface area contributed by atoms with Crippen molar-refractivity contribution in [2.24, 2.45) is 29.1 Å². The van der Waals surface area contributed by atoms with E-state index in [9.17, 15) is 28.7 Å². The zero-order valence-electron chi connectivity index (χ0n) is 24.3. The molecule has 226 valence electrons. The van der Waals surface area contributed by atoms with Gasteiger partial charge in [-0.3, -0.25) is 24.1 Å². The van der Waals surface area contributed by atoms with Crippen LogP contribution in [0.4, 0.5) is 10.1 Å². The standard InChI is InChI=1S/C32H31ClFIN2O6/c1-31(2,3)37-27(39)17-8-7-16-18(24(17)29(37)41)13-19-28(40)36(15-6-9-21(34)20(33)12-15)30(42)32(19,4)25(16)14-10-22(35)26(38)23(11-14)43-5/h6-7,9-12,17-19,24-25,38H,8,13H2,1-5H3. The number of hydrogen-bond donors (Lipinski definition) is 1. The lowest BCUT2D eigenvalue weighted by Gasteiger charge is -2.49. The number of methoxy groups -OCH3 is 1. The Balaban J connectivity index is 1.55. The Bertz CT molecular complexity index is 1650. The van der Waals surface area contributed by atoms with Crippen LogP contribution in [0.15, 0.2) is 42.0 Å². The summed E-state index contributed by atoms with van der Waals surface area (Å²) in [4.78, 5) is 58.7. The largest absolute Gasteiger partial charge is 0.504 e. The fourth-order valence-electron chi connectivity index (χ4n) is 7.84. The number of hydrogen-bond acceptors (Lipinski definition) is 6. The van der Waals surface area contributed by atoms with Gasteiger partial charge >= 0.3 is 0 Å². The number of halogens is 3. The van der Waals surface area contributed by atoms with Gasteiger partial charge in [-0.25, -0.2) is 9.29 Å².